The Morgan fingerprint density at radius 1 is 0.761 bits per heavy atom. The number of esters is 3. The lowest BCUT2D eigenvalue weighted by atomic mass is 9.75. The number of benzene rings is 3. The van der Waals surface area contributed by atoms with Crippen LogP contribution in [0.3, 0.4) is 0 Å². The first-order valence-corrected chi connectivity index (χ1v) is 15.6. The van der Waals surface area contributed by atoms with Crippen molar-refractivity contribution in [3.8, 4) is 23.0 Å². The fourth-order valence-electron chi connectivity index (χ4n) is 5.29. The predicted molar refractivity (Wildman–Crippen MR) is 172 cm³/mol. The molecule has 3 aromatic rings. The molecule has 1 fully saturated rings. The van der Waals surface area contributed by atoms with Crippen LogP contribution < -0.4 is 18.9 Å². The van der Waals surface area contributed by atoms with Crippen molar-refractivity contribution in [3.63, 3.8) is 0 Å². The second kappa shape index (κ2) is 17.2. The Hall–Kier alpha value is -4.63. The first-order chi connectivity index (χ1) is 22.2. The predicted octanol–water partition coefficient (Wildman–Crippen LogP) is 7.09. The standard InChI is InChI=1S/C37H42O9/c1-5-20-41-29-11-7-27(8-12-29)36(39)43-22-21-42-30-13-9-28(10-14-30)37(40)46-32-17-15-31(16-18-32)45-35(38)24-44-34-23-26(4)6-19-33(34)25(2)3/h5,7-18,25-26,33-34H,1,6,19-24H2,2-4H3. The van der Waals surface area contributed by atoms with Gasteiger partial charge in [0.05, 0.1) is 17.2 Å². The van der Waals surface area contributed by atoms with E-state index in [0.717, 1.165) is 12.8 Å². The zero-order chi connectivity index (χ0) is 32.9. The number of carbonyl (C=O) groups is 3. The van der Waals surface area contributed by atoms with Gasteiger partial charge in [-0.2, -0.15) is 0 Å². The fourth-order valence-corrected chi connectivity index (χ4v) is 5.29. The van der Waals surface area contributed by atoms with Gasteiger partial charge in [0, 0.05) is 0 Å². The molecule has 9 heteroatoms. The Morgan fingerprint density at radius 2 is 1.33 bits per heavy atom. The Morgan fingerprint density at radius 3 is 1.93 bits per heavy atom. The highest BCUT2D eigenvalue weighted by atomic mass is 16.6. The van der Waals surface area contributed by atoms with Crippen molar-refractivity contribution in [1.82, 2.24) is 0 Å². The van der Waals surface area contributed by atoms with Gasteiger partial charge in [0.2, 0.25) is 0 Å². The van der Waals surface area contributed by atoms with Gasteiger partial charge in [-0.05, 0) is 103 Å². The molecule has 244 valence electrons. The SMILES string of the molecule is C=CCOc1ccc(C(=O)OCCOc2ccc(C(=O)Oc3ccc(OC(=O)COC4CC(C)CCC4C(C)C)cc3)cc2)cc1. The molecular formula is C37H42O9. The molecule has 0 aromatic heterocycles. The van der Waals surface area contributed by atoms with E-state index in [1.165, 1.54) is 6.42 Å². The van der Waals surface area contributed by atoms with E-state index in [1.54, 1.807) is 78.9 Å². The van der Waals surface area contributed by atoms with E-state index < -0.39 is 17.9 Å². The molecule has 9 nitrogen and oxygen atoms in total. The smallest absolute Gasteiger partial charge is 0.343 e. The van der Waals surface area contributed by atoms with E-state index in [9.17, 15) is 14.4 Å². The molecule has 3 aromatic carbocycles. The molecule has 0 amide bonds. The van der Waals surface area contributed by atoms with Gasteiger partial charge in [0.1, 0.15) is 49.4 Å². The van der Waals surface area contributed by atoms with Gasteiger partial charge in [-0.25, -0.2) is 14.4 Å². The zero-order valence-electron chi connectivity index (χ0n) is 26.6. The third kappa shape index (κ3) is 10.5. The minimum absolute atomic E-state index is 0.0497. The number of ether oxygens (including phenoxy) is 6. The molecule has 0 spiro atoms. The summed E-state index contributed by atoms with van der Waals surface area (Å²) >= 11 is 0. The summed E-state index contributed by atoms with van der Waals surface area (Å²) in [6.07, 6.45) is 4.95. The molecule has 3 atom stereocenters. The van der Waals surface area contributed by atoms with E-state index in [4.69, 9.17) is 28.4 Å². The van der Waals surface area contributed by atoms with Crippen LogP contribution in [0.25, 0.3) is 0 Å². The van der Waals surface area contributed by atoms with Gasteiger partial charge in [0.25, 0.3) is 0 Å². The van der Waals surface area contributed by atoms with Crippen LogP contribution in [-0.2, 0) is 14.3 Å². The Balaban J connectivity index is 1.16. The minimum atomic E-state index is -0.555. The summed E-state index contributed by atoms with van der Waals surface area (Å²) in [6.45, 7) is 10.7. The van der Waals surface area contributed by atoms with Crippen molar-refractivity contribution in [3.05, 3.63) is 96.6 Å². The topological polar surface area (TPSA) is 107 Å². The number of hydrogen-bond acceptors (Lipinski definition) is 9. The van der Waals surface area contributed by atoms with Gasteiger partial charge in [0.15, 0.2) is 0 Å². The van der Waals surface area contributed by atoms with Crippen LogP contribution in [0.2, 0.25) is 0 Å². The number of rotatable bonds is 15. The van der Waals surface area contributed by atoms with Crippen molar-refractivity contribution in [2.24, 2.45) is 17.8 Å². The molecule has 0 saturated heterocycles. The maximum Gasteiger partial charge on any atom is 0.343 e. The third-order valence-electron chi connectivity index (χ3n) is 7.78. The van der Waals surface area contributed by atoms with E-state index in [-0.39, 0.29) is 25.9 Å². The highest BCUT2D eigenvalue weighted by Gasteiger charge is 2.32. The molecule has 4 rings (SSSR count). The molecular weight excluding hydrogens is 588 g/mol. The van der Waals surface area contributed by atoms with Crippen molar-refractivity contribution in [2.75, 3.05) is 26.4 Å². The molecule has 1 aliphatic carbocycles. The summed E-state index contributed by atoms with van der Waals surface area (Å²) in [5.41, 5.74) is 0.724. The largest absolute Gasteiger partial charge is 0.490 e. The summed E-state index contributed by atoms with van der Waals surface area (Å²) in [6, 6.07) is 19.3. The first-order valence-electron chi connectivity index (χ1n) is 15.6. The summed E-state index contributed by atoms with van der Waals surface area (Å²) in [4.78, 5) is 37.3. The third-order valence-corrected chi connectivity index (χ3v) is 7.78. The molecule has 3 unspecified atom stereocenters. The summed E-state index contributed by atoms with van der Waals surface area (Å²) in [5, 5.41) is 0. The molecule has 0 bridgehead atoms. The van der Waals surface area contributed by atoms with Crippen molar-refractivity contribution in [1.29, 1.82) is 0 Å². The van der Waals surface area contributed by atoms with E-state index in [1.807, 2.05) is 0 Å². The average Bonchev–Trinajstić information content (AvgIpc) is 3.06. The van der Waals surface area contributed by atoms with E-state index in [0.29, 0.717) is 58.5 Å². The maximum absolute atomic E-state index is 12.6. The lowest BCUT2D eigenvalue weighted by Gasteiger charge is -2.36. The van der Waals surface area contributed by atoms with E-state index in [2.05, 4.69) is 27.4 Å². The van der Waals surface area contributed by atoms with Crippen LogP contribution in [0.1, 0.15) is 60.7 Å². The van der Waals surface area contributed by atoms with Crippen LogP contribution in [0.15, 0.2) is 85.5 Å². The van der Waals surface area contributed by atoms with Gasteiger partial charge < -0.3 is 28.4 Å². The van der Waals surface area contributed by atoms with Gasteiger partial charge >= 0.3 is 17.9 Å². The zero-order valence-corrected chi connectivity index (χ0v) is 26.6. The summed E-state index contributed by atoms with van der Waals surface area (Å²) in [5.74, 6) is 1.81. The lowest BCUT2D eigenvalue weighted by molar-refractivity contribution is -0.145. The molecule has 46 heavy (non-hydrogen) atoms. The monoisotopic (exact) mass is 630 g/mol. The Bertz CT molecular complexity index is 1430. The highest BCUT2D eigenvalue weighted by molar-refractivity contribution is 5.91. The molecule has 1 aliphatic rings. The van der Waals surface area contributed by atoms with Gasteiger partial charge in [-0.1, -0.05) is 39.8 Å². The molecule has 0 radical (unpaired) electrons. The summed E-state index contributed by atoms with van der Waals surface area (Å²) in [7, 11) is 0. The van der Waals surface area contributed by atoms with Gasteiger partial charge in [-0.3, -0.25) is 0 Å². The normalized spacial score (nSPS) is 17.5. The van der Waals surface area contributed by atoms with Crippen molar-refractivity contribution >= 4 is 17.9 Å². The minimum Gasteiger partial charge on any atom is -0.490 e. The van der Waals surface area contributed by atoms with Gasteiger partial charge in [-0.15, -0.1) is 0 Å². The maximum atomic E-state index is 12.6. The number of carbonyl (C=O) groups excluding carboxylic acids is 3. The number of hydrogen-bond donors (Lipinski definition) is 0. The Kier molecular flexibility index (Phi) is 12.8. The average molecular weight is 631 g/mol. The second-order valence-electron chi connectivity index (χ2n) is 11.6. The molecule has 0 heterocycles. The van der Waals surface area contributed by atoms with Crippen LogP contribution >= 0.6 is 0 Å². The van der Waals surface area contributed by atoms with Crippen molar-refractivity contribution in [2.45, 2.75) is 46.1 Å². The van der Waals surface area contributed by atoms with Crippen LogP contribution in [0.4, 0.5) is 0 Å². The lowest BCUT2D eigenvalue weighted by Crippen LogP contribution is -2.36. The molecule has 0 aliphatic heterocycles. The quantitative estimate of drug-likeness (QED) is 0.0753. The second-order valence-corrected chi connectivity index (χ2v) is 11.6. The highest BCUT2D eigenvalue weighted by Crippen LogP contribution is 2.35. The van der Waals surface area contributed by atoms with Crippen LogP contribution in [-0.4, -0.2) is 50.4 Å². The van der Waals surface area contributed by atoms with Crippen LogP contribution in [0.5, 0.6) is 23.0 Å². The van der Waals surface area contributed by atoms with E-state index >= 15 is 0 Å². The fraction of sp³-hybridized carbons (Fsp3) is 0.378. The molecule has 1 saturated carbocycles. The first kappa shape index (κ1) is 34.2. The van der Waals surface area contributed by atoms with Crippen LogP contribution in [0, 0.1) is 17.8 Å². The van der Waals surface area contributed by atoms with Crippen molar-refractivity contribution < 1.29 is 42.8 Å². The molecule has 0 N–H and O–H groups in total. The Labute approximate surface area is 270 Å². The summed E-state index contributed by atoms with van der Waals surface area (Å²) < 4.78 is 33.1.